The summed E-state index contributed by atoms with van der Waals surface area (Å²) >= 11 is 0. The van der Waals surface area contributed by atoms with Crippen LogP contribution in [-0.2, 0) is 0 Å². The van der Waals surface area contributed by atoms with Gasteiger partial charge in [-0.25, -0.2) is 0 Å². The Hall–Kier alpha value is -6.58. The maximum Gasteiger partial charge on any atom is 0.256 e. The normalized spacial score (nSPS) is 12.4. The Kier molecular flexibility index (Phi) is 6.95. The molecule has 2 nitrogen and oxygen atoms in total. The summed E-state index contributed by atoms with van der Waals surface area (Å²) in [6.07, 6.45) is 0. The molecule has 2 aliphatic heterocycles. The molecule has 10 rings (SSSR count). The molecule has 51 heavy (non-hydrogen) atoms. The van der Waals surface area contributed by atoms with Gasteiger partial charge in [-0.05, 0) is 74.0 Å². The number of hydrogen-bond donors (Lipinski definition) is 0. The number of rotatable bonds is 5. The molecule has 0 atom stereocenters. The van der Waals surface area contributed by atoms with E-state index in [0.29, 0.717) is 0 Å². The van der Waals surface area contributed by atoms with Crippen LogP contribution in [0, 0.1) is 0 Å². The first-order chi connectivity index (χ1) is 25.3. The summed E-state index contributed by atoms with van der Waals surface area (Å²) in [5, 5.41) is 0. The van der Waals surface area contributed by atoms with E-state index in [1.807, 2.05) is 0 Å². The van der Waals surface area contributed by atoms with Gasteiger partial charge in [0.05, 0.1) is 5.69 Å². The minimum atomic E-state index is 0.00455. The Bertz CT molecular complexity index is 2490. The van der Waals surface area contributed by atoms with Crippen molar-refractivity contribution in [2.75, 3.05) is 4.90 Å². The standard InChI is InChI=1S/C48H32BNO/c1-5-15-33(16-6-1)37-27-29-41-44(31-37)50(48-39(35-19-9-3-10-20-35)23-13-24-40(48)36-21-11-4-12-22-36)43-25-14-26-45-47(43)49(41)42-30-28-38(32-46(42)51-45)34-17-7-2-8-18-34/h1-32H. The molecular formula is C48H32BNO. The van der Waals surface area contributed by atoms with Crippen molar-refractivity contribution < 1.29 is 4.74 Å². The fourth-order valence-corrected chi connectivity index (χ4v) is 8.02. The molecule has 0 amide bonds. The molecule has 0 radical (unpaired) electrons. The maximum atomic E-state index is 6.88. The second kappa shape index (κ2) is 12.1. The molecule has 2 aliphatic rings. The number of para-hydroxylation sites is 1. The van der Waals surface area contributed by atoms with Crippen LogP contribution < -0.4 is 26.0 Å². The first-order valence-electron chi connectivity index (χ1n) is 17.6. The second-order valence-electron chi connectivity index (χ2n) is 13.3. The summed E-state index contributed by atoms with van der Waals surface area (Å²) in [5.74, 6) is 1.81. The predicted octanol–water partition coefficient (Wildman–Crippen LogP) is 10.8. The highest BCUT2D eigenvalue weighted by Crippen LogP contribution is 2.49. The van der Waals surface area contributed by atoms with Crippen molar-refractivity contribution in [3.8, 4) is 56.0 Å². The summed E-state index contributed by atoms with van der Waals surface area (Å²) in [7, 11) is 0. The molecule has 0 bridgehead atoms. The second-order valence-corrected chi connectivity index (χ2v) is 13.3. The number of anilines is 3. The van der Waals surface area contributed by atoms with E-state index in [4.69, 9.17) is 4.74 Å². The number of hydrogen-bond acceptors (Lipinski definition) is 2. The number of benzene rings is 8. The van der Waals surface area contributed by atoms with Crippen LogP contribution in [0.25, 0.3) is 44.5 Å². The molecule has 0 aliphatic carbocycles. The largest absolute Gasteiger partial charge is 0.458 e. The van der Waals surface area contributed by atoms with Crippen molar-refractivity contribution in [1.82, 2.24) is 0 Å². The molecule has 2 heterocycles. The third-order valence-corrected chi connectivity index (χ3v) is 10.3. The first kappa shape index (κ1) is 29.4. The van der Waals surface area contributed by atoms with E-state index in [2.05, 4.69) is 199 Å². The van der Waals surface area contributed by atoms with Crippen molar-refractivity contribution in [3.05, 3.63) is 194 Å². The SMILES string of the molecule is c1ccc(-c2ccc3c(c2)Oc2cccc4c2B3c2ccc(-c3ccccc3)cc2N4c2c(-c3ccccc3)cccc2-c2ccccc2)cc1. The molecule has 8 aromatic carbocycles. The van der Waals surface area contributed by atoms with Crippen molar-refractivity contribution >= 4 is 40.2 Å². The van der Waals surface area contributed by atoms with E-state index in [-0.39, 0.29) is 6.71 Å². The van der Waals surface area contributed by atoms with E-state index < -0.39 is 0 Å². The smallest absolute Gasteiger partial charge is 0.256 e. The molecule has 8 aromatic rings. The van der Waals surface area contributed by atoms with E-state index in [1.165, 1.54) is 61.0 Å². The maximum absolute atomic E-state index is 6.88. The van der Waals surface area contributed by atoms with Gasteiger partial charge in [0.25, 0.3) is 6.71 Å². The van der Waals surface area contributed by atoms with Crippen LogP contribution in [0.2, 0.25) is 0 Å². The minimum absolute atomic E-state index is 0.00455. The van der Waals surface area contributed by atoms with Crippen molar-refractivity contribution in [1.29, 1.82) is 0 Å². The number of nitrogens with zero attached hydrogens (tertiary/aromatic N) is 1. The Labute approximate surface area is 299 Å². The van der Waals surface area contributed by atoms with E-state index in [9.17, 15) is 0 Å². The highest BCUT2D eigenvalue weighted by atomic mass is 16.5. The van der Waals surface area contributed by atoms with Gasteiger partial charge in [-0.3, -0.25) is 0 Å². The zero-order chi connectivity index (χ0) is 33.7. The third kappa shape index (κ3) is 4.89. The Balaban J connectivity index is 1.27. The highest BCUT2D eigenvalue weighted by molar-refractivity contribution is 6.99. The predicted molar refractivity (Wildman–Crippen MR) is 214 cm³/mol. The van der Waals surface area contributed by atoms with Gasteiger partial charge < -0.3 is 9.64 Å². The van der Waals surface area contributed by atoms with Crippen LogP contribution in [0.15, 0.2) is 194 Å². The Morgan fingerprint density at radius 2 is 0.863 bits per heavy atom. The monoisotopic (exact) mass is 649 g/mol. The van der Waals surface area contributed by atoms with Crippen LogP contribution in [0.4, 0.5) is 17.1 Å². The summed E-state index contributed by atoms with van der Waals surface area (Å²) in [6.45, 7) is 0.00455. The lowest BCUT2D eigenvalue weighted by Crippen LogP contribution is -2.59. The molecule has 3 heteroatoms. The topological polar surface area (TPSA) is 12.5 Å². The zero-order valence-corrected chi connectivity index (χ0v) is 27.9. The van der Waals surface area contributed by atoms with Crippen LogP contribution in [0.1, 0.15) is 0 Å². The van der Waals surface area contributed by atoms with Crippen LogP contribution in [0.5, 0.6) is 11.5 Å². The molecular weight excluding hydrogens is 617 g/mol. The quantitative estimate of drug-likeness (QED) is 0.172. The van der Waals surface area contributed by atoms with E-state index in [0.717, 1.165) is 28.4 Å². The van der Waals surface area contributed by atoms with Gasteiger partial charge in [0.15, 0.2) is 0 Å². The fourth-order valence-electron chi connectivity index (χ4n) is 8.02. The van der Waals surface area contributed by atoms with Gasteiger partial charge >= 0.3 is 0 Å². The Morgan fingerprint density at radius 1 is 0.353 bits per heavy atom. The summed E-state index contributed by atoms with van der Waals surface area (Å²) in [6, 6.07) is 69.8. The van der Waals surface area contributed by atoms with Crippen LogP contribution in [-0.4, -0.2) is 6.71 Å². The van der Waals surface area contributed by atoms with Gasteiger partial charge in [-0.1, -0.05) is 170 Å². The molecule has 0 spiro atoms. The fraction of sp³-hybridized carbons (Fsp3) is 0. The highest BCUT2D eigenvalue weighted by Gasteiger charge is 2.42. The number of fused-ring (bicyclic) bond motifs is 4. The molecule has 0 fully saturated rings. The third-order valence-electron chi connectivity index (χ3n) is 10.3. The van der Waals surface area contributed by atoms with Gasteiger partial charge in [0.1, 0.15) is 11.5 Å². The summed E-state index contributed by atoms with van der Waals surface area (Å²) in [5.41, 5.74) is 16.5. The number of ether oxygens (including phenoxy) is 1. The van der Waals surface area contributed by atoms with Gasteiger partial charge in [-0.15, -0.1) is 0 Å². The molecule has 0 N–H and O–H groups in total. The van der Waals surface area contributed by atoms with Crippen LogP contribution in [0.3, 0.4) is 0 Å². The van der Waals surface area contributed by atoms with Crippen molar-refractivity contribution in [2.24, 2.45) is 0 Å². The van der Waals surface area contributed by atoms with Gasteiger partial charge in [-0.2, -0.15) is 0 Å². The molecule has 0 aromatic heterocycles. The van der Waals surface area contributed by atoms with E-state index in [1.54, 1.807) is 0 Å². The van der Waals surface area contributed by atoms with Gasteiger partial charge in [0.2, 0.25) is 0 Å². The van der Waals surface area contributed by atoms with Crippen molar-refractivity contribution in [3.63, 3.8) is 0 Å². The summed E-state index contributed by atoms with van der Waals surface area (Å²) < 4.78 is 6.88. The molecule has 238 valence electrons. The van der Waals surface area contributed by atoms with Crippen molar-refractivity contribution in [2.45, 2.75) is 0 Å². The average Bonchev–Trinajstić information content (AvgIpc) is 3.21. The molecule has 0 saturated heterocycles. The first-order valence-corrected chi connectivity index (χ1v) is 17.6. The van der Waals surface area contributed by atoms with Crippen LogP contribution >= 0.6 is 0 Å². The zero-order valence-electron chi connectivity index (χ0n) is 27.9. The minimum Gasteiger partial charge on any atom is -0.458 e. The Morgan fingerprint density at radius 3 is 1.45 bits per heavy atom. The van der Waals surface area contributed by atoms with E-state index >= 15 is 0 Å². The van der Waals surface area contributed by atoms with Gasteiger partial charge in [0, 0.05) is 22.5 Å². The molecule has 0 saturated carbocycles. The summed E-state index contributed by atoms with van der Waals surface area (Å²) in [4.78, 5) is 2.51. The lowest BCUT2D eigenvalue weighted by atomic mass is 9.34. The average molecular weight is 650 g/mol. The lowest BCUT2D eigenvalue weighted by molar-refractivity contribution is 0.488. The molecule has 0 unspecified atom stereocenters. The lowest BCUT2D eigenvalue weighted by Gasteiger charge is -2.41.